The van der Waals surface area contributed by atoms with Crippen LogP contribution in [0.2, 0.25) is 0 Å². The highest BCUT2D eigenvalue weighted by molar-refractivity contribution is 14.0. The first kappa shape index (κ1) is 24.0. The van der Waals surface area contributed by atoms with Crippen LogP contribution < -0.4 is 5.32 Å². The SMILES string of the molecule is CCNC(=NCC(C)(C)N1CC(C)CC(C)C1)N1CCC(COC)C1.I. The standard InChI is InChI=1S/C20H40N4O.HI/c1-7-21-19(23-9-8-18(13-23)14-25-6)22-15-20(4,5)24-11-16(2)10-17(3)12-24;/h16-18H,7-15H2,1-6H3,(H,21,22);1H. The fourth-order valence-corrected chi connectivity index (χ4v) is 4.35. The van der Waals surface area contributed by atoms with Crippen molar-refractivity contribution in [2.24, 2.45) is 22.7 Å². The maximum absolute atomic E-state index is 5.33. The molecular weight excluding hydrogens is 439 g/mol. The van der Waals surface area contributed by atoms with Crippen molar-refractivity contribution in [2.75, 3.05) is 53.0 Å². The van der Waals surface area contributed by atoms with Crippen LogP contribution in [0.5, 0.6) is 0 Å². The van der Waals surface area contributed by atoms with E-state index in [-0.39, 0.29) is 29.5 Å². The van der Waals surface area contributed by atoms with Crippen molar-refractivity contribution in [3.05, 3.63) is 0 Å². The molecule has 0 radical (unpaired) electrons. The lowest BCUT2D eigenvalue weighted by atomic mass is 9.88. The highest BCUT2D eigenvalue weighted by Gasteiger charge is 2.33. The van der Waals surface area contributed by atoms with Crippen molar-refractivity contribution in [3.8, 4) is 0 Å². The largest absolute Gasteiger partial charge is 0.384 e. The average molecular weight is 480 g/mol. The number of nitrogens with one attached hydrogen (secondary N) is 1. The molecule has 0 aliphatic carbocycles. The second kappa shape index (κ2) is 11.1. The number of piperidine rings is 1. The molecule has 0 amide bonds. The third-order valence-electron chi connectivity index (χ3n) is 5.66. The van der Waals surface area contributed by atoms with E-state index in [1.54, 1.807) is 7.11 Å². The molecule has 0 spiro atoms. The van der Waals surface area contributed by atoms with Gasteiger partial charge in [0.2, 0.25) is 0 Å². The van der Waals surface area contributed by atoms with Crippen LogP contribution in [0.15, 0.2) is 4.99 Å². The molecule has 3 unspecified atom stereocenters. The van der Waals surface area contributed by atoms with E-state index in [9.17, 15) is 0 Å². The van der Waals surface area contributed by atoms with E-state index in [0.29, 0.717) is 5.92 Å². The Labute approximate surface area is 178 Å². The quantitative estimate of drug-likeness (QED) is 0.360. The van der Waals surface area contributed by atoms with Crippen LogP contribution in [-0.2, 0) is 4.74 Å². The minimum absolute atomic E-state index is 0. The molecule has 2 heterocycles. The average Bonchev–Trinajstić information content (AvgIpc) is 2.99. The van der Waals surface area contributed by atoms with Crippen molar-refractivity contribution in [3.63, 3.8) is 0 Å². The van der Waals surface area contributed by atoms with Gasteiger partial charge in [-0.05, 0) is 45.4 Å². The second-order valence-electron chi connectivity index (χ2n) is 8.89. The number of rotatable bonds is 6. The zero-order valence-electron chi connectivity index (χ0n) is 17.8. The molecule has 0 aromatic carbocycles. The van der Waals surface area contributed by atoms with Crippen LogP contribution >= 0.6 is 24.0 Å². The van der Waals surface area contributed by atoms with Gasteiger partial charge in [-0.3, -0.25) is 9.89 Å². The highest BCUT2D eigenvalue weighted by atomic mass is 127. The molecule has 2 aliphatic heterocycles. The minimum Gasteiger partial charge on any atom is -0.384 e. The molecule has 1 N–H and O–H groups in total. The smallest absolute Gasteiger partial charge is 0.193 e. The summed E-state index contributed by atoms with van der Waals surface area (Å²) in [4.78, 5) is 10.1. The summed E-state index contributed by atoms with van der Waals surface area (Å²) in [5.41, 5.74) is 0.106. The van der Waals surface area contributed by atoms with E-state index in [0.717, 1.165) is 50.6 Å². The second-order valence-corrected chi connectivity index (χ2v) is 8.89. The van der Waals surface area contributed by atoms with Crippen molar-refractivity contribution in [2.45, 2.75) is 53.0 Å². The molecule has 3 atom stereocenters. The van der Waals surface area contributed by atoms with Crippen molar-refractivity contribution in [1.29, 1.82) is 0 Å². The van der Waals surface area contributed by atoms with Crippen molar-refractivity contribution < 1.29 is 4.74 Å². The molecule has 0 bridgehead atoms. The van der Waals surface area contributed by atoms with Gasteiger partial charge in [-0.15, -0.1) is 24.0 Å². The lowest BCUT2D eigenvalue weighted by Crippen LogP contribution is -2.53. The zero-order chi connectivity index (χ0) is 18.4. The monoisotopic (exact) mass is 480 g/mol. The summed E-state index contributed by atoms with van der Waals surface area (Å²) < 4.78 is 5.33. The van der Waals surface area contributed by atoms with Gasteiger partial charge in [-0.1, -0.05) is 13.8 Å². The lowest BCUT2D eigenvalue weighted by molar-refractivity contribution is 0.0511. The van der Waals surface area contributed by atoms with E-state index >= 15 is 0 Å². The highest BCUT2D eigenvalue weighted by Crippen LogP contribution is 2.27. The van der Waals surface area contributed by atoms with Gasteiger partial charge in [0.25, 0.3) is 0 Å². The number of guanidine groups is 1. The number of nitrogens with zero attached hydrogens (tertiary/aromatic N) is 3. The molecule has 2 fully saturated rings. The predicted octanol–water partition coefficient (Wildman–Crippen LogP) is 3.29. The van der Waals surface area contributed by atoms with Crippen molar-refractivity contribution >= 4 is 29.9 Å². The van der Waals surface area contributed by atoms with Gasteiger partial charge in [-0.25, -0.2) is 0 Å². The number of methoxy groups -OCH3 is 1. The molecule has 5 nitrogen and oxygen atoms in total. The van der Waals surface area contributed by atoms with Crippen LogP contribution in [0.3, 0.4) is 0 Å². The maximum Gasteiger partial charge on any atom is 0.193 e. The Kier molecular flexibility index (Phi) is 10.2. The fraction of sp³-hybridized carbons (Fsp3) is 0.950. The minimum atomic E-state index is 0. The zero-order valence-corrected chi connectivity index (χ0v) is 20.1. The summed E-state index contributed by atoms with van der Waals surface area (Å²) >= 11 is 0. The normalized spacial score (nSPS) is 28.2. The Bertz CT molecular complexity index is 434. The van der Waals surface area contributed by atoms with Gasteiger partial charge >= 0.3 is 0 Å². The summed E-state index contributed by atoms with van der Waals surface area (Å²) in [7, 11) is 1.80. The van der Waals surface area contributed by atoms with Gasteiger partial charge in [0.15, 0.2) is 5.96 Å². The van der Waals surface area contributed by atoms with Crippen LogP contribution in [0.1, 0.15) is 47.5 Å². The van der Waals surface area contributed by atoms with E-state index in [1.165, 1.54) is 25.9 Å². The van der Waals surface area contributed by atoms with Gasteiger partial charge in [0, 0.05) is 51.3 Å². The molecular formula is C20H41IN4O. The summed E-state index contributed by atoms with van der Waals surface area (Å²) in [6.07, 6.45) is 2.55. The van der Waals surface area contributed by atoms with Crippen LogP contribution in [0.25, 0.3) is 0 Å². The van der Waals surface area contributed by atoms with E-state index < -0.39 is 0 Å². The molecule has 0 aromatic heterocycles. The fourth-order valence-electron chi connectivity index (χ4n) is 4.35. The molecule has 0 saturated carbocycles. The molecule has 26 heavy (non-hydrogen) atoms. The summed E-state index contributed by atoms with van der Waals surface area (Å²) in [5.74, 6) is 3.28. The first-order valence-electron chi connectivity index (χ1n) is 10.1. The molecule has 2 rings (SSSR count). The lowest BCUT2D eigenvalue weighted by Gasteiger charge is -2.44. The molecule has 154 valence electrons. The first-order chi connectivity index (χ1) is 11.9. The van der Waals surface area contributed by atoms with Gasteiger partial charge < -0.3 is 15.0 Å². The summed E-state index contributed by atoms with van der Waals surface area (Å²) in [5, 5.41) is 3.50. The number of hydrogen-bond acceptors (Lipinski definition) is 3. The first-order valence-corrected chi connectivity index (χ1v) is 10.1. The Morgan fingerprint density at radius 3 is 2.42 bits per heavy atom. The van der Waals surface area contributed by atoms with Gasteiger partial charge in [-0.2, -0.15) is 0 Å². The molecule has 0 aromatic rings. The number of aliphatic imine (C=N–C) groups is 1. The number of halogens is 1. The Balaban J connectivity index is 0.00000338. The topological polar surface area (TPSA) is 40.1 Å². The van der Waals surface area contributed by atoms with Crippen LogP contribution in [0, 0.1) is 17.8 Å². The number of likely N-dealkylation sites (tertiary alicyclic amines) is 2. The Morgan fingerprint density at radius 2 is 1.85 bits per heavy atom. The summed E-state index contributed by atoms with van der Waals surface area (Å²) in [6, 6.07) is 0. The Hall–Kier alpha value is -0.0800. The molecule has 2 aliphatic rings. The van der Waals surface area contributed by atoms with Crippen molar-refractivity contribution in [1.82, 2.24) is 15.1 Å². The summed E-state index contributed by atoms with van der Waals surface area (Å²) in [6.45, 7) is 18.8. The third kappa shape index (κ3) is 6.82. The third-order valence-corrected chi connectivity index (χ3v) is 5.66. The number of ether oxygens (including phenoxy) is 1. The predicted molar refractivity (Wildman–Crippen MR) is 122 cm³/mol. The van der Waals surface area contributed by atoms with Gasteiger partial charge in [0.05, 0.1) is 13.2 Å². The molecule has 2 saturated heterocycles. The van der Waals surface area contributed by atoms with Crippen LogP contribution in [0.4, 0.5) is 0 Å². The molecule has 6 heteroatoms. The Morgan fingerprint density at radius 1 is 1.19 bits per heavy atom. The van der Waals surface area contributed by atoms with E-state index in [2.05, 4.69) is 49.7 Å². The van der Waals surface area contributed by atoms with E-state index in [4.69, 9.17) is 9.73 Å². The van der Waals surface area contributed by atoms with Crippen LogP contribution in [-0.4, -0.2) is 74.3 Å². The van der Waals surface area contributed by atoms with Gasteiger partial charge in [0.1, 0.15) is 0 Å². The van der Waals surface area contributed by atoms with E-state index in [1.807, 2.05) is 0 Å². The number of hydrogen-bond donors (Lipinski definition) is 1. The maximum atomic E-state index is 5.33.